The first-order valence-corrected chi connectivity index (χ1v) is 7.11. The zero-order valence-electron chi connectivity index (χ0n) is 12.4. The molecule has 4 nitrogen and oxygen atoms in total. The van der Waals surface area contributed by atoms with Crippen LogP contribution in [0, 0.1) is 6.92 Å². The maximum atomic E-state index is 12.1. The normalized spacial score (nSPS) is 10.1. The van der Waals surface area contributed by atoms with Gasteiger partial charge in [0.1, 0.15) is 0 Å². The maximum Gasteiger partial charge on any atom is 0.338 e. The smallest absolute Gasteiger partial charge is 0.338 e. The largest absolute Gasteiger partial charge is 0.465 e. The number of anilines is 1. The van der Waals surface area contributed by atoms with Crippen LogP contribution in [0.25, 0.3) is 0 Å². The number of carbonyl (C=O) groups excluding carboxylic acids is 2. The molecular weight excluding hydrogens is 302 g/mol. The fourth-order valence-electron chi connectivity index (χ4n) is 2.03. The monoisotopic (exact) mass is 317 g/mol. The average Bonchev–Trinajstić information content (AvgIpc) is 2.50. The van der Waals surface area contributed by atoms with Gasteiger partial charge in [0.2, 0.25) is 5.91 Å². The molecule has 0 unspecified atom stereocenters. The van der Waals surface area contributed by atoms with E-state index in [1.165, 1.54) is 7.11 Å². The van der Waals surface area contributed by atoms with Crippen LogP contribution >= 0.6 is 11.6 Å². The number of methoxy groups -OCH3 is 1. The van der Waals surface area contributed by atoms with Gasteiger partial charge in [-0.25, -0.2) is 4.79 Å². The second-order valence-electron chi connectivity index (χ2n) is 4.84. The summed E-state index contributed by atoms with van der Waals surface area (Å²) in [6.45, 7) is 1.89. The SMILES string of the molecule is COC(=O)c1ccccc1CC(=O)Nc1ccc(C)c(Cl)c1. The second kappa shape index (κ2) is 7.09. The van der Waals surface area contributed by atoms with Gasteiger partial charge >= 0.3 is 5.97 Å². The van der Waals surface area contributed by atoms with Crippen LogP contribution < -0.4 is 5.32 Å². The predicted molar refractivity (Wildman–Crippen MR) is 86.3 cm³/mol. The highest BCUT2D eigenvalue weighted by molar-refractivity contribution is 6.31. The second-order valence-corrected chi connectivity index (χ2v) is 5.24. The van der Waals surface area contributed by atoms with Crippen LogP contribution in [0.1, 0.15) is 21.5 Å². The Bertz CT molecular complexity index is 713. The molecule has 0 fully saturated rings. The number of aryl methyl sites for hydroxylation is 1. The molecule has 0 aliphatic heterocycles. The van der Waals surface area contributed by atoms with Crippen molar-refractivity contribution in [2.45, 2.75) is 13.3 Å². The Morgan fingerprint density at radius 2 is 1.91 bits per heavy atom. The fraction of sp³-hybridized carbons (Fsp3) is 0.176. The summed E-state index contributed by atoms with van der Waals surface area (Å²) in [7, 11) is 1.31. The van der Waals surface area contributed by atoms with Crippen molar-refractivity contribution in [2.24, 2.45) is 0 Å². The van der Waals surface area contributed by atoms with Crippen LogP contribution in [0.4, 0.5) is 5.69 Å². The van der Waals surface area contributed by atoms with Crippen LogP contribution in [0.5, 0.6) is 0 Å². The van der Waals surface area contributed by atoms with Crippen molar-refractivity contribution in [2.75, 3.05) is 12.4 Å². The van der Waals surface area contributed by atoms with Gasteiger partial charge < -0.3 is 10.1 Å². The molecule has 5 heteroatoms. The molecule has 2 aromatic carbocycles. The van der Waals surface area contributed by atoms with E-state index in [4.69, 9.17) is 16.3 Å². The minimum atomic E-state index is -0.457. The van der Waals surface area contributed by atoms with Gasteiger partial charge in [0.25, 0.3) is 0 Å². The molecule has 114 valence electrons. The van der Waals surface area contributed by atoms with Gasteiger partial charge in [-0.3, -0.25) is 4.79 Å². The number of rotatable bonds is 4. The first-order valence-electron chi connectivity index (χ1n) is 6.73. The van der Waals surface area contributed by atoms with Gasteiger partial charge in [0.05, 0.1) is 19.1 Å². The minimum absolute atomic E-state index is 0.0801. The lowest BCUT2D eigenvalue weighted by Crippen LogP contribution is -2.17. The lowest BCUT2D eigenvalue weighted by atomic mass is 10.0. The van der Waals surface area contributed by atoms with Crippen LogP contribution in [0.15, 0.2) is 42.5 Å². The van der Waals surface area contributed by atoms with Crippen molar-refractivity contribution >= 4 is 29.2 Å². The number of esters is 1. The first kappa shape index (κ1) is 16.0. The molecular formula is C17H16ClNO3. The summed E-state index contributed by atoms with van der Waals surface area (Å²) in [4.78, 5) is 23.8. The maximum absolute atomic E-state index is 12.1. The van der Waals surface area contributed by atoms with Crippen molar-refractivity contribution in [3.63, 3.8) is 0 Å². The molecule has 0 aliphatic rings. The molecule has 0 saturated heterocycles. The number of benzene rings is 2. The van der Waals surface area contributed by atoms with E-state index in [0.29, 0.717) is 21.8 Å². The standard InChI is InChI=1S/C17H16ClNO3/c1-11-7-8-13(10-15(11)18)19-16(20)9-12-5-3-4-6-14(12)17(21)22-2/h3-8,10H,9H2,1-2H3,(H,19,20). The van der Waals surface area contributed by atoms with Crippen molar-refractivity contribution < 1.29 is 14.3 Å². The number of hydrogen-bond acceptors (Lipinski definition) is 3. The average molecular weight is 318 g/mol. The number of nitrogens with one attached hydrogen (secondary N) is 1. The highest BCUT2D eigenvalue weighted by Crippen LogP contribution is 2.20. The van der Waals surface area contributed by atoms with Crippen LogP contribution in [-0.4, -0.2) is 19.0 Å². The quantitative estimate of drug-likeness (QED) is 0.876. The third kappa shape index (κ3) is 3.86. The highest BCUT2D eigenvalue weighted by atomic mass is 35.5. The van der Waals surface area contributed by atoms with Gasteiger partial charge in [0, 0.05) is 10.7 Å². The number of hydrogen-bond donors (Lipinski definition) is 1. The van der Waals surface area contributed by atoms with Crippen LogP contribution in [-0.2, 0) is 16.0 Å². The molecule has 0 aromatic heterocycles. The highest BCUT2D eigenvalue weighted by Gasteiger charge is 2.14. The van der Waals surface area contributed by atoms with E-state index >= 15 is 0 Å². The third-order valence-electron chi connectivity index (χ3n) is 3.23. The summed E-state index contributed by atoms with van der Waals surface area (Å²) < 4.78 is 4.72. The number of ether oxygens (including phenoxy) is 1. The summed E-state index contributed by atoms with van der Waals surface area (Å²) in [6, 6.07) is 12.2. The molecule has 0 aliphatic carbocycles. The first-order chi connectivity index (χ1) is 10.5. The van der Waals surface area contributed by atoms with E-state index in [9.17, 15) is 9.59 Å². The van der Waals surface area contributed by atoms with E-state index < -0.39 is 5.97 Å². The Kier molecular flexibility index (Phi) is 5.17. The number of halogens is 1. The zero-order valence-corrected chi connectivity index (χ0v) is 13.1. The Morgan fingerprint density at radius 1 is 1.18 bits per heavy atom. The van der Waals surface area contributed by atoms with E-state index in [0.717, 1.165) is 5.56 Å². The molecule has 0 spiro atoms. The molecule has 0 saturated carbocycles. The van der Waals surface area contributed by atoms with Gasteiger partial charge in [-0.1, -0.05) is 35.9 Å². The molecule has 0 bridgehead atoms. The Hall–Kier alpha value is -2.33. The number of carbonyl (C=O) groups is 2. The van der Waals surface area contributed by atoms with Crippen molar-refractivity contribution in [1.29, 1.82) is 0 Å². The number of amides is 1. The summed E-state index contributed by atoms with van der Waals surface area (Å²) in [5.74, 6) is -0.682. The lowest BCUT2D eigenvalue weighted by molar-refractivity contribution is -0.115. The minimum Gasteiger partial charge on any atom is -0.465 e. The summed E-state index contributed by atoms with van der Waals surface area (Å²) >= 11 is 6.03. The van der Waals surface area contributed by atoms with Crippen LogP contribution in [0.2, 0.25) is 5.02 Å². The van der Waals surface area contributed by atoms with Gasteiger partial charge in [-0.05, 0) is 36.2 Å². The Balaban J connectivity index is 2.12. The topological polar surface area (TPSA) is 55.4 Å². The molecule has 2 aromatic rings. The summed E-state index contributed by atoms with van der Waals surface area (Å²) in [5, 5.41) is 3.36. The van der Waals surface area contributed by atoms with Gasteiger partial charge in [-0.15, -0.1) is 0 Å². The summed E-state index contributed by atoms with van der Waals surface area (Å²) in [6.07, 6.45) is 0.0801. The molecule has 0 heterocycles. The Morgan fingerprint density at radius 3 is 2.59 bits per heavy atom. The zero-order chi connectivity index (χ0) is 16.1. The third-order valence-corrected chi connectivity index (χ3v) is 3.64. The van der Waals surface area contributed by atoms with E-state index in [-0.39, 0.29) is 12.3 Å². The molecule has 0 atom stereocenters. The van der Waals surface area contributed by atoms with Crippen molar-refractivity contribution in [3.8, 4) is 0 Å². The van der Waals surface area contributed by atoms with E-state index in [1.807, 2.05) is 13.0 Å². The molecule has 2 rings (SSSR count). The van der Waals surface area contributed by atoms with Crippen molar-refractivity contribution in [3.05, 3.63) is 64.2 Å². The predicted octanol–water partition coefficient (Wildman–Crippen LogP) is 3.62. The lowest BCUT2D eigenvalue weighted by Gasteiger charge is -2.09. The molecule has 1 amide bonds. The van der Waals surface area contributed by atoms with E-state index in [2.05, 4.69) is 5.32 Å². The molecule has 0 radical (unpaired) electrons. The molecule has 22 heavy (non-hydrogen) atoms. The van der Waals surface area contributed by atoms with Crippen molar-refractivity contribution in [1.82, 2.24) is 0 Å². The Labute approximate surface area is 134 Å². The summed E-state index contributed by atoms with van der Waals surface area (Å²) in [5.41, 5.74) is 2.57. The van der Waals surface area contributed by atoms with Gasteiger partial charge in [0.15, 0.2) is 0 Å². The van der Waals surface area contributed by atoms with Crippen LogP contribution in [0.3, 0.4) is 0 Å². The van der Waals surface area contributed by atoms with Gasteiger partial charge in [-0.2, -0.15) is 0 Å². The fourth-order valence-corrected chi connectivity index (χ4v) is 2.21. The molecule has 1 N–H and O–H groups in total. The van der Waals surface area contributed by atoms with E-state index in [1.54, 1.807) is 36.4 Å².